The monoisotopic (exact) mass is 553 g/mol. The van der Waals surface area contributed by atoms with Gasteiger partial charge in [-0.15, -0.1) is 0 Å². The molecule has 0 saturated heterocycles. The summed E-state index contributed by atoms with van der Waals surface area (Å²) in [5.74, 6) is -1.74. The van der Waals surface area contributed by atoms with Gasteiger partial charge in [-0.25, -0.2) is 12.8 Å². The van der Waals surface area contributed by atoms with E-state index in [0.717, 1.165) is 16.1 Å². The zero-order valence-electron chi connectivity index (χ0n) is 22.1. The van der Waals surface area contributed by atoms with E-state index in [0.29, 0.717) is 17.7 Å². The minimum Gasteiger partial charge on any atom is -0.355 e. The number of nitrogens with one attached hydrogen (secondary N) is 1. The lowest BCUT2D eigenvalue weighted by atomic mass is 10.0. The van der Waals surface area contributed by atoms with Crippen LogP contribution in [0.15, 0.2) is 78.9 Å². The number of nitrogens with zero attached hydrogens (tertiary/aromatic N) is 2. The van der Waals surface area contributed by atoms with E-state index in [1.165, 1.54) is 54.3 Å². The highest BCUT2D eigenvalue weighted by Crippen LogP contribution is 2.22. The first kappa shape index (κ1) is 29.5. The van der Waals surface area contributed by atoms with Gasteiger partial charge in [-0.3, -0.25) is 18.7 Å². The summed E-state index contributed by atoms with van der Waals surface area (Å²) >= 11 is 0. The number of Topliss-reactive ketones (excluding diaryl/α,β-unsaturated/α-hetero) is 1. The van der Waals surface area contributed by atoms with E-state index in [1.807, 2.05) is 30.3 Å². The maximum Gasteiger partial charge on any atom is 0.244 e. The van der Waals surface area contributed by atoms with Crippen LogP contribution in [0.1, 0.15) is 35.3 Å². The molecule has 0 radical (unpaired) electrons. The number of ketones is 1. The van der Waals surface area contributed by atoms with Crippen LogP contribution in [0.2, 0.25) is 0 Å². The van der Waals surface area contributed by atoms with E-state index in [2.05, 4.69) is 5.32 Å². The van der Waals surface area contributed by atoms with Crippen molar-refractivity contribution in [2.45, 2.75) is 32.9 Å². The summed E-state index contributed by atoms with van der Waals surface area (Å²) in [5.41, 5.74) is 1.82. The molecule has 1 atom stereocenters. The van der Waals surface area contributed by atoms with Crippen LogP contribution in [-0.4, -0.2) is 56.3 Å². The van der Waals surface area contributed by atoms with Gasteiger partial charge in [0.25, 0.3) is 0 Å². The molecule has 0 aromatic heterocycles. The van der Waals surface area contributed by atoms with Gasteiger partial charge in [0.15, 0.2) is 5.78 Å². The molecule has 0 aliphatic rings. The first-order valence-electron chi connectivity index (χ1n) is 12.4. The number of hydrogen-bond acceptors (Lipinski definition) is 5. The van der Waals surface area contributed by atoms with E-state index in [1.54, 1.807) is 13.0 Å². The van der Waals surface area contributed by atoms with Gasteiger partial charge in [-0.2, -0.15) is 0 Å². The summed E-state index contributed by atoms with van der Waals surface area (Å²) in [6, 6.07) is 19.7. The van der Waals surface area contributed by atoms with Gasteiger partial charge in [-0.05, 0) is 49.2 Å². The lowest BCUT2D eigenvalue weighted by molar-refractivity contribution is -0.140. The molecule has 0 heterocycles. The topological polar surface area (TPSA) is 104 Å². The van der Waals surface area contributed by atoms with Crippen LogP contribution in [0, 0.1) is 5.82 Å². The minimum atomic E-state index is -3.96. The van der Waals surface area contributed by atoms with Crippen LogP contribution in [0.5, 0.6) is 0 Å². The molecule has 0 saturated carbocycles. The van der Waals surface area contributed by atoms with Crippen LogP contribution in [0.25, 0.3) is 0 Å². The Kier molecular flexibility index (Phi) is 9.95. The quantitative estimate of drug-likeness (QED) is 0.346. The molecule has 10 heteroatoms. The molecule has 0 aliphatic heterocycles. The fraction of sp³-hybridized carbons (Fsp3) is 0.276. The molecule has 3 rings (SSSR count). The Labute approximate surface area is 228 Å². The molecule has 3 aromatic rings. The fourth-order valence-electron chi connectivity index (χ4n) is 4.13. The van der Waals surface area contributed by atoms with E-state index >= 15 is 0 Å². The number of hydrogen-bond donors (Lipinski definition) is 1. The lowest BCUT2D eigenvalue weighted by Crippen LogP contribution is -2.53. The van der Waals surface area contributed by atoms with Gasteiger partial charge in [0.2, 0.25) is 21.8 Å². The number of carbonyl (C=O) groups excluding carboxylic acids is 3. The summed E-state index contributed by atoms with van der Waals surface area (Å²) in [5, 5.41) is 2.77. The zero-order valence-corrected chi connectivity index (χ0v) is 22.9. The predicted octanol–water partition coefficient (Wildman–Crippen LogP) is 3.57. The largest absolute Gasteiger partial charge is 0.355 e. The van der Waals surface area contributed by atoms with E-state index in [-0.39, 0.29) is 24.4 Å². The molecule has 0 fully saturated rings. The maximum absolute atomic E-state index is 13.9. The number of rotatable bonds is 12. The third-order valence-corrected chi connectivity index (χ3v) is 7.25. The third kappa shape index (κ3) is 8.22. The standard InChI is InChI=1S/C29H32FN3O5S/c1-4-31-29(36)27(17-22-9-6-5-7-10-22)32(19-23-13-15-25(30)16-14-23)28(35)20-33(39(3,37)38)26-12-8-11-24(18-26)21(2)34/h5-16,18,27H,4,17,19-20H2,1-3H3,(H,31,36)/t27-/m1/s1. The molecule has 206 valence electrons. The van der Waals surface area contributed by atoms with E-state index in [9.17, 15) is 27.2 Å². The highest BCUT2D eigenvalue weighted by Gasteiger charge is 2.33. The van der Waals surface area contributed by atoms with Crippen molar-refractivity contribution in [2.24, 2.45) is 0 Å². The predicted molar refractivity (Wildman–Crippen MR) is 148 cm³/mol. The second kappa shape index (κ2) is 13.1. The van der Waals surface area contributed by atoms with Crippen LogP contribution in [-0.2, 0) is 32.6 Å². The molecule has 0 aliphatic carbocycles. The number of likely N-dealkylation sites (N-methyl/N-ethyl adjacent to an activating group) is 1. The Morgan fingerprint density at radius 1 is 0.923 bits per heavy atom. The summed E-state index contributed by atoms with van der Waals surface area (Å²) < 4.78 is 40.1. The minimum absolute atomic E-state index is 0.0567. The fourth-order valence-corrected chi connectivity index (χ4v) is 4.97. The number of halogens is 1. The Morgan fingerprint density at radius 2 is 1.59 bits per heavy atom. The molecule has 3 aromatic carbocycles. The van der Waals surface area contributed by atoms with Crippen molar-refractivity contribution < 1.29 is 27.2 Å². The van der Waals surface area contributed by atoms with Gasteiger partial charge < -0.3 is 10.2 Å². The molecular formula is C29H32FN3O5S. The number of amides is 2. The highest BCUT2D eigenvalue weighted by atomic mass is 32.2. The Hall–Kier alpha value is -4.05. The van der Waals surface area contributed by atoms with Crippen molar-refractivity contribution in [2.75, 3.05) is 23.7 Å². The summed E-state index contributed by atoms with van der Waals surface area (Å²) in [6.45, 7) is 2.79. The number of sulfonamides is 1. The van der Waals surface area contributed by atoms with Gasteiger partial charge in [0.05, 0.1) is 11.9 Å². The number of anilines is 1. The smallest absolute Gasteiger partial charge is 0.244 e. The lowest BCUT2D eigenvalue weighted by Gasteiger charge is -2.33. The summed E-state index contributed by atoms with van der Waals surface area (Å²) in [4.78, 5) is 40.4. The van der Waals surface area contributed by atoms with Gasteiger partial charge in [-0.1, -0.05) is 54.6 Å². The second-order valence-corrected chi connectivity index (χ2v) is 11.0. The summed E-state index contributed by atoms with van der Waals surface area (Å²) in [6.07, 6.45) is 1.15. The van der Waals surface area contributed by atoms with E-state index in [4.69, 9.17) is 0 Å². The first-order valence-corrected chi connectivity index (χ1v) is 14.3. The van der Waals surface area contributed by atoms with Crippen LogP contribution < -0.4 is 9.62 Å². The van der Waals surface area contributed by atoms with Gasteiger partial charge in [0.1, 0.15) is 18.4 Å². The average molecular weight is 554 g/mol. The van der Waals surface area contributed by atoms with Crippen molar-refractivity contribution in [3.05, 3.63) is 101 Å². The molecular weight excluding hydrogens is 521 g/mol. The third-order valence-electron chi connectivity index (χ3n) is 6.11. The Balaban J connectivity index is 2.05. The Bertz CT molecular complexity index is 1410. The SMILES string of the molecule is CCNC(=O)[C@@H](Cc1ccccc1)N(Cc1ccc(F)cc1)C(=O)CN(c1cccc(C(C)=O)c1)S(C)(=O)=O. The average Bonchev–Trinajstić information content (AvgIpc) is 2.90. The number of carbonyl (C=O) groups is 3. The van der Waals surface area contributed by atoms with E-state index < -0.39 is 40.2 Å². The van der Waals surface area contributed by atoms with Gasteiger partial charge >= 0.3 is 0 Å². The van der Waals surface area contributed by atoms with Crippen molar-refractivity contribution in [1.29, 1.82) is 0 Å². The molecule has 1 N–H and O–H groups in total. The van der Waals surface area contributed by atoms with Crippen molar-refractivity contribution in [3.8, 4) is 0 Å². The van der Waals surface area contributed by atoms with Crippen molar-refractivity contribution >= 4 is 33.3 Å². The molecule has 0 bridgehead atoms. The number of benzene rings is 3. The van der Waals surface area contributed by atoms with Crippen LogP contribution in [0.3, 0.4) is 0 Å². The maximum atomic E-state index is 13.9. The van der Waals surface area contributed by atoms with Crippen LogP contribution >= 0.6 is 0 Å². The molecule has 2 amide bonds. The zero-order chi connectivity index (χ0) is 28.6. The molecule has 39 heavy (non-hydrogen) atoms. The van der Waals surface area contributed by atoms with Crippen LogP contribution in [0.4, 0.5) is 10.1 Å². The molecule has 8 nitrogen and oxygen atoms in total. The normalized spacial score (nSPS) is 11.9. The molecule has 0 unspecified atom stereocenters. The van der Waals surface area contributed by atoms with Crippen molar-refractivity contribution in [3.63, 3.8) is 0 Å². The summed E-state index contributed by atoms with van der Waals surface area (Å²) in [7, 11) is -3.96. The molecule has 0 spiro atoms. The Morgan fingerprint density at radius 3 is 2.18 bits per heavy atom. The van der Waals surface area contributed by atoms with Gasteiger partial charge in [0, 0.05) is 25.1 Å². The first-order chi connectivity index (χ1) is 18.5. The second-order valence-electron chi connectivity index (χ2n) is 9.12. The van der Waals surface area contributed by atoms with Crippen molar-refractivity contribution in [1.82, 2.24) is 10.2 Å². The highest BCUT2D eigenvalue weighted by molar-refractivity contribution is 7.92.